The number of pyridine rings is 1. The highest BCUT2D eigenvalue weighted by Gasteiger charge is 2.12. The Kier molecular flexibility index (Phi) is 8.06. The average Bonchev–Trinajstić information content (AvgIpc) is 2.73. The summed E-state index contributed by atoms with van der Waals surface area (Å²) in [6.45, 7) is 1.89. The number of aryl methyl sites for hydroxylation is 1. The fraction of sp³-hybridized carbons (Fsp3) is 0.136. The van der Waals surface area contributed by atoms with Gasteiger partial charge >= 0.3 is 5.97 Å². The molecule has 0 spiro atoms. The van der Waals surface area contributed by atoms with Crippen LogP contribution in [0.3, 0.4) is 0 Å². The average molecular weight is 569 g/mol. The fourth-order valence-electron chi connectivity index (χ4n) is 2.56. The molecule has 1 N–H and O–H groups in total. The summed E-state index contributed by atoms with van der Waals surface area (Å²) >= 11 is 12.7. The monoisotopic (exact) mass is 566 g/mol. The predicted octanol–water partition coefficient (Wildman–Crippen LogP) is 5.94. The molecular weight excluding hydrogens is 552 g/mol. The van der Waals surface area contributed by atoms with Gasteiger partial charge in [-0.05, 0) is 86.3 Å². The van der Waals surface area contributed by atoms with Gasteiger partial charge in [-0.2, -0.15) is 0 Å². The van der Waals surface area contributed by atoms with Crippen LogP contribution in [-0.4, -0.2) is 23.5 Å². The number of rotatable bonds is 7. The van der Waals surface area contributed by atoms with Crippen molar-refractivity contribution < 1.29 is 19.1 Å². The number of carbonyl (C=O) groups is 2. The van der Waals surface area contributed by atoms with Gasteiger partial charge in [-0.3, -0.25) is 4.79 Å². The van der Waals surface area contributed by atoms with Gasteiger partial charge in [0.2, 0.25) is 0 Å². The minimum Gasteiger partial charge on any atom is -0.487 e. The van der Waals surface area contributed by atoms with Crippen LogP contribution in [0.4, 0.5) is 5.82 Å². The summed E-state index contributed by atoms with van der Waals surface area (Å²) in [6.07, 6.45) is 1.41. The van der Waals surface area contributed by atoms with Crippen molar-refractivity contribution in [3.05, 3.63) is 85.4 Å². The van der Waals surface area contributed by atoms with E-state index in [1.807, 2.05) is 19.1 Å². The largest absolute Gasteiger partial charge is 0.487 e. The van der Waals surface area contributed by atoms with E-state index in [9.17, 15) is 9.59 Å². The third kappa shape index (κ3) is 6.78. The van der Waals surface area contributed by atoms with Crippen molar-refractivity contribution in [2.75, 3.05) is 11.9 Å². The molecule has 160 valence electrons. The summed E-state index contributed by atoms with van der Waals surface area (Å²) in [4.78, 5) is 28.0. The van der Waals surface area contributed by atoms with Gasteiger partial charge in [-0.1, -0.05) is 23.7 Å². The third-order valence-corrected chi connectivity index (χ3v) is 5.45. The van der Waals surface area contributed by atoms with E-state index in [0.717, 1.165) is 20.1 Å². The minimum absolute atomic E-state index is 0.321. The van der Waals surface area contributed by atoms with Crippen LogP contribution in [-0.2, 0) is 16.1 Å². The van der Waals surface area contributed by atoms with Crippen LogP contribution in [0, 0.1) is 6.92 Å². The fourth-order valence-corrected chi connectivity index (χ4v) is 4.32. The van der Waals surface area contributed by atoms with Gasteiger partial charge < -0.3 is 14.8 Å². The molecule has 0 fully saturated rings. The predicted molar refractivity (Wildman–Crippen MR) is 126 cm³/mol. The molecule has 1 amide bonds. The van der Waals surface area contributed by atoms with Crippen LogP contribution >= 0.6 is 43.5 Å². The summed E-state index contributed by atoms with van der Waals surface area (Å²) in [5, 5.41) is 2.98. The van der Waals surface area contributed by atoms with Crippen molar-refractivity contribution in [1.29, 1.82) is 0 Å². The molecule has 3 rings (SSSR count). The lowest BCUT2D eigenvalue weighted by Gasteiger charge is -2.11. The lowest BCUT2D eigenvalue weighted by atomic mass is 10.1. The Morgan fingerprint density at radius 3 is 2.35 bits per heavy atom. The lowest BCUT2D eigenvalue weighted by Crippen LogP contribution is -2.21. The second-order valence-electron chi connectivity index (χ2n) is 6.53. The number of halogens is 3. The number of aromatic nitrogens is 1. The summed E-state index contributed by atoms with van der Waals surface area (Å²) in [5.41, 5.74) is 2.31. The summed E-state index contributed by atoms with van der Waals surface area (Å²) < 4.78 is 12.6. The number of anilines is 1. The van der Waals surface area contributed by atoms with E-state index in [4.69, 9.17) is 21.1 Å². The first-order valence-corrected chi connectivity index (χ1v) is 11.0. The molecule has 0 radical (unpaired) electrons. The van der Waals surface area contributed by atoms with E-state index in [1.165, 1.54) is 6.20 Å². The summed E-state index contributed by atoms with van der Waals surface area (Å²) in [5.74, 6) is -0.0740. The van der Waals surface area contributed by atoms with Gasteiger partial charge in [0.15, 0.2) is 6.61 Å². The van der Waals surface area contributed by atoms with E-state index in [1.54, 1.807) is 36.4 Å². The second-order valence-corrected chi connectivity index (χ2v) is 8.67. The molecule has 6 nitrogen and oxygen atoms in total. The van der Waals surface area contributed by atoms with E-state index >= 15 is 0 Å². The lowest BCUT2D eigenvalue weighted by molar-refractivity contribution is -0.119. The molecule has 3 aromatic rings. The Morgan fingerprint density at radius 1 is 1.06 bits per heavy atom. The molecule has 9 heteroatoms. The van der Waals surface area contributed by atoms with Crippen molar-refractivity contribution in [2.45, 2.75) is 13.5 Å². The highest BCUT2D eigenvalue weighted by molar-refractivity contribution is 9.11. The van der Waals surface area contributed by atoms with E-state index in [2.05, 4.69) is 42.2 Å². The molecule has 0 saturated carbocycles. The molecule has 1 aromatic heterocycles. The van der Waals surface area contributed by atoms with E-state index < -0.39 is 18.5 Å². The number of ether oxygens (including phenoxy) is 2. The summed E-state index contributed by atoms with van der Waals surface area (Å²) in [6, 6.07) is 13.9. The highest BCUT2D eigenvalue weighted by atomic mass is 79.9. The van der Waals surface area contributed by atoms with Gasteiger partial charge in [0.1, 0.15) is 18.2 Å². The van der Waals surface area contributed by atoms with Crippen LogP contribution < -0.4 is 10.1 Å². The zero-order valence-electron chi connectivity index (χ0n) is 16.3. The van der Waals surface area contributed by atoms with Crippen molar-refractivity contribution in [2.24, 2.45) is 0 Å². The molecule has 0 aliphatic heterocycles. The Morgan fingerprint density at radius 2 is 1.74 bits per heavy atom. The molecule has 0 aliphatic carbocycles. The Balaban J connectivity index is 1.50. The first-order chi connectivity index (χ1) is 14.8. The molecule has 0 unspecified atom stereocenters. The number of amides is 1. The maximum absolute atomic E-state index is 12.2. The van der Waals surface area contributed by atoms with Gasteiger partial charge in [0, 0.05) is 6.20 Å². The molecular formula is C22H17Br2ClN2O4. The molecule has 2 aromatic carbocycles. The van der Waals surface area contributed by atoms with Crippen LogP contribution in [0.25, 0.3) is 0 Å². The Hall–Kier alpha value is -2.42. The van der Waals surface area contributed by atoms with Crippen LogP contribution in [0.1, 0.15) is 21.5 Å². The SMILES string of the molecule is Cc1cc(Br)c(OCc2ccc(C(=O)OCC(=O)Nc3ccc(Cl)cn3)cc2)c(Br)c1. The maximum Gasteiger partial charge on any atom is 0.338 e. The number of esters is 1. The van der Waals surface area contributed by atoms with Crippen molar-refractivity contribution >= 4 is 61.2 Å². The van der Waals surface area contributed by atoms with E-state index in [0.29, 0.717) is 28.8 Å². The second kappa shape index (κ2) is 10.7. The Bertz CT molecular complexity index is 1070. The minimum atomic E-state index is -0.601. The zero-order valence-corrected chi connectivity index (χ0v) is 20.3. The summed E-state index contributed by atoms with van der Waals surface area (Å²) in [7, 11) is 0. The highest BCUT2D eigenvalue weighted by Crippen LogP contribution is 2.35. The van der Waals surface area contributed by atoms with E-state index in [-0.39, 0.29) is 0 Å². The van der Waals surface area contributed by atoms with Crippen LogP contribution in [0.15, 0.2) is 63.7 Å². The van der Waals surface area contributed by atoms with Gasteiger partial charge in [-0.25, -0.2) is 9.78 Å². The number of hydrogen-bond acceptors (Lipinski definition) is 5. The van der Waals surface area contributed by atoms with Gasteiger partial charge in [-0.15, -0.1) is 0 Å². The number of benzene rings is 2. The van der Waals surface area contributed by atoms with Crippen molar-refractivity contribution in [1.82, 2.24) is 4.98 Å². The van der Waals surface area contributed by atoms with Gasteiger partial charge in [0.05, 0.1) is 19.5 Å². The molecule has 0 atom stereocenters. The Labute approximate surface area is 201 Å². The first-order valence-electron chi connectivity index (χ1n) is 9.08. The number of hydrogen-bond donors (Lipinski definition) is 1. The zero-order chi connectivity index (χ0) is 22.4. The molecule has 0 bridgehead atoms. The molecule has 0 saturated heterocycles. The topological polar surface area (TPSA) is 77.5 Å². The number of nitrogens with zero attached hydrogens (tertiary/aromatic N) is 1. The first kappa shape index (κ1) is 23.2. The molecule has 0 aliphatic rings. The quantitative estimate of drug-likeness (QED) is 0.357. The third-order valence-electron chi connectivity index (χ3n) is 4.04. The number of carbonyl (C=O) groups excluding carboxylic acids is 2. The van der Waals surface area contributed by atoms with Crippen molar-refractivity contribution in [3.63, 3.8) is 0 Å². The standard InChI is InChI=1S/C22H17Br2ClN2O4/c1-13-8-17(23)21(18(24)9-13)30-11-14-2-4-15(5-3-14)22(29)31-12-20(28)27-19-7-6-16(25)10-26-19/h2-10H,11-12H2,1H3,(H,26,27,28). The molecule has 1 heterocycles. The molecule has 31 heavy (non-hydrogen) atoms. The number of nitrogens with one attached hydrogen (secondary N) is 1. The van der Waals surface area contributed by atoms with Gasteiger partial charge in [0.25, 0.3) is 5.91 Å². The maximum atomic E-state index is 12.2. The van der Waals surface area contributed by atoms with Crippen LogP contribution in [0.2, 0.25) is 5.02 Å². The van der Waals surface area contributed by atoms with Crippen molar-refractivity contribution in [3.8, 4) is 5.75 Å². The van der Waals surface area contributed by atoms with Crippen LogP contribution in [0.5, 0.6) is 5.75 Å². The smallest absolute Gasteiger partial charge is 0.338 e. The normalized spacial score (nSPS) is 10.5.